The van der Waals surface area contributed by atoms with Crippen molar-refractivity contribution >= 4 is 16.9 Å². The van der Waals surface area contributed by atoms with Crippen molar-refractivity contribution in [1.82, 2.24) is 4.57 Å². The highest BCUT2D eigenvalue weighted by molar-refractivity contribution is 6.05. The van der Waals surface area contributed by atoms with Crippen LogP contribution in [-0.2, 0) is 13.0 Å². The van der Waals surface area contributed by atoms with E-state index < -0.39 is 5.97 Å². The quantitative estimate of drug-likeness (QED) is 0.715. The summed E-state index contributed by atoms with van der Waals surface area (Å²) in [5.41, 5.74) is 3.50. The van der Waals surface area contributed by atoms with Gasteiger partial charge in [0.25, 0.3) is 0 Å². The first-order valence-corrected chi connectivity index (χ1v) is 8.09. The van der Waals surface area contributed by atoms with Crippen molar-refractivity contribution in [2.45, 2.75) is 32.7 Å². The summed E-state index contributed by atoms with van der Waals surface area (Å²) < 4.78 is 2.19. The van der Waals surface area contributed by atoms with E-state index in [1.165, 1.54) is 0 Å². The molecule has 0 unspecified atom stereocenters. The van der Waals surface area contributed by atoms with E-state index in [1.807, 2.05) is 54.6 Å². The number of carboxylic acid groups (broad SMARTS) is 1. The number of hydrogen-bond acceptors (Lipinski definition) is 1. The maximum Gasteiger partial charge on any atom is 0.338 e. The molecule has 0 fully saturated rings. The van der Waals surface area contributed by atoms with E-state index >= 15 is 0 Å². The van der Waals surface area contributed by atoms with Gasteiger partial charge < -0.3 is 9.67 Å². The molecule has 1 aromatic heterocycles. The second kappa shape index (κ2) is 6.69. The summed E-state index contributed by atoms with van der Waals surface area (Å²) in [4.78, 5) is 11.9. The molecule has 0 bridgehead atoms. The van der Waals surface area contributed by atoms with E-state index in [2.05, 4.69) is 11.5 Å². The molecule has 118 valence electrons. The van der Waals surface area contributed by atoms with Crippen LogP contribution in [0.15, 0.2) is 54.6 Å². The van der Waals surface area contributed by atoms with Gasteiger partial charge in [-0.25, -0.2) is 4.79 Å². The van der Waals surface area contributed by atoms with Crippen LogP contribution in [0.4, 0.5) is 0 Å². The van der Waals surface area contributed by atoms with Crippen molar-refractivity contribution in [2.24, 2.45) is 0 Å². The number of aromatic carboxylic acids is 1. The molecule has 0 amide bonds. The SMILES string of the molecule is CCCCn1c(Cc2ccccc2)c(C(=O)O)c2ccccc21. The molecule has 0 aliphatic heterocycles. The average molecular weight is 307 g/mol. The predicted molar refractivity (Wildman–Crippen MR) is 93.1 cm³/mol. The zero-order valence-corrected chi connectivity index (χ0v) is 13.3. The van der Waals surface area contributed by atoms with E-state index in [0.717, 1.165) is 41.5 Å². The number of carboxylic acids is 1. The number of nitrogens with zero attached hydrogens (tertiary/aromatic N) is 1. The highest BCUT2D eigenvalue weighted by atomic mass is 16.4. The third-order valence-corrected chi connectivity index (χ3v) is 4.24. The molecule has 3 nitrogen and oxygen atoms in total. The lowest BCUT2D eigenvalue weighted by atomic mass is 10.0. The Bertz CT molecular complexity index is 818. The Labute approximate surface area is 136 Å². The minimum atomic E-state index is -0.845. The maximum atomic E-state index is 11.9. The molecule has 3 aromatic rings. The number of carbonyl (C=O) groups is 1. The summed E-state index contributed by atoms with van der Waals surface area (Å²) in [6.07, 6.45) is 2.76. The number of aromatic nitrogens is 1. The van der Waals surface area contributed by atoms with Crippen LogP contribution in [-0.4, -0.2) is 15.6 Å². The van der Waals surface area contributed by atoms with Crippen molar-refractivity contribution in [3.05, 3.63) is 71.4 Å². The van der Waals surface area contributed by atoms with Crippen molar-refractivity contribution in [3.8, 4) is 0 Å². The number of aryl methyl sites for hydroxylation is 1. The van der Waals surface area contributed by atoms with Gasteiger partial charge in [0.2, 0.25) is 0 Å². The predicted octanol–water partition coefficient (Wildman–Crippen LogP) is 4.73. The second-order valence-electron chi connectivity index (χ2n) is 5.81. The van der Waals surface area contributed by atoms with E-state index in [-0.39, 0.29) is 0 Å². The molecule has 1 heterocycles. The van der Waals surface area contributed by atoms with Gasteiger partial charge >= 0.3 is 5.97 Å². The monoisotopic (exact) mass is 307 g/mol. The smallest absolute Gasteiger partial charge is 0.338 e. The minimum Gasteiger partial charge on any atom is -0.478 e. The first-order valence-electron chi connectivity index (χ1n) is 8.09. The van der Waals surface area contributed by atoms with Crippen LogP contribution in [0.2, 0.25) is 0 Å². The molecule has 0 aliphatic rings. The molecular formula is C20H21NO2. The number of rotatable bonds is 6. The zero-order valence-electron chi connectivity index (χ0n) is 13.3. The van der Waals surface area contributed by atoms with E-state index in [9.17, 15) is 9.90 Å². The molecule has 0 spiro atoms. The van der Waals surface area contributed by atoms with Crippen LogP contribution in [0.5, 0.6) is 0 Å². The van der Waals surface area contributed by atoms with Gasteiger partial charge in [0.1, 0.15) is 0 Å². The van der Waals surface area contributed by atoms with Crippen molar-refractivity contribution in [1.29, 1.82) is 0 Å². The highest BCUT2D eigenvalue weighted by Gasteiger charge is 2.21. The molecule has 0 atom stereocenters. The van der Waals surface area contributed by atoms with Crippen LogP contribution in [0.25, 0.3) is 10.9 Å². The summed E-state index contributed by atoms with van der Waals surface area (Å²) in [5.74, 6) is -0.845. The standard InChI is InChI=1S/C20H21NO2/c1-2-3-13-21-17-12-8-7-11-16(17)19(20(22)23)18(21)14-15-9-5-4-6-10-15/h4-12H,2-3,13-14H2,1H3,(H,22,23). The van der Waals surface area contributed by atoms with Gasteiger partial charge in [0, 0.05) is 29.6 Å². The fraction of sp³-hybridized carbons (Fsp3) is 0.250. The zero-order chi connectivity index (χ0) is 16.2. The van der Waals surface area contributed by atoms with E-state index in [1.54, 1.807) is 0 Å². The van der Waals surface area contributed by atoms with Crippen molar-refractivity contribution < 1.29 is 9.90 Å². The molecule has 0 aliphatic carbocycles. The van der Waals surface area contributed by atoms with Crippen LogP contribution in [0, 0.1) is 0 Å². The van der Waals surface area contributed by atoms with Crippen LogP contribution >= 0.6 is 0 Å². The van der Waals surface area contributed by atoms with Gasteiger partial charge in [0.05, 0.1) is 5.56 Å². The van der Waals surface area contributed by atoms with Gasteiger partial charge in [-0.2, -0.15) is 0 Å². The Morgan fingerprint density at radius 2 is 1.74 bits per heavy atom. The Hall–Kier alpha value is -2.55. The molecule has 3 rings (SSSR count). The maximum absolute atomic E-state index is 11.9. The first-order chi connectivity index (χ1) is 11.2. The molecule has 1 N–H and O–H groups in total. The fourth-order valence-electron chi connectivity index (χ4n) is 3.14. The van der Waals surface area contributed by atoms with Gasteiger partial charge in [-0.15, -0.1) is 0 Å². The van der Waals surface area contributed by atoms with Gasteiger partial charge in [-0.05, 0) is 18.1 Å². The summed E-state index contributed by atoms with van der Waals surface area (Å²) in [7, 11) is 0. The van der Waals surface area contributed by atoms with Crippen LogP contribution < -0.4 is 0 Å². The van der Waals surface area contributed by atoms with Crippen LogP contribution in [0.1, 0.15) is 41.4 Å². The third kappa shape index (κ3) is 3.00. The highest BCUT2D eigenvalue weighted by Crippen LogP contribution is 2.28. The lowest BCUT2D eigenvalue weighted by Crippen LogP contribution is -2.08. The molecule has 2 aromatic carbocycles. The average Bonchev–Trinajstić information content (AvgIpc) is 2.87. The normalized spacial score (nSPS) is 11.0. The van der Waals surface area contributed by atoms with E-state index in [0.29, 0.717) is 12.0 Å². The lowest BCUT2D eigenvalue weighted by molar-refractivity contribution is 0.0697. The number of para-hydroxylation sites is 1. The number of unbranched alkanes of at least 4 members (excludes halogenated alkanes) is 1. The minimum absolute atomic E-state index is 0.445. The summed E-state index contributed by atoms with van der Waals surface area (Å²) in [5, 5.41) is 10.6. The van der Waals surface area contributed by atoms with Gasteiger partial charge in [-0.3, -0.25) is 0 Å². The number of hydrogen-bond donors (Lipinski definition) is 1. The van der Waals surface area contributed by atoms with Gasteiger partial charge in [-0.1, -0.05) is 61.9 Å². The number of fused-ring (bicyclic) bond motifs is 1. The Balaban J connectivity index is 2.19. The summed E-state index contributed by atoms with van der Waals surface area (Å²) >= 11 is 0. The Kier molecular flexibility index (Phi) is 4.47. The Morgan fingerprint density at radius 1 is 1.04 bits per heavy atom. The second-order valence-corrected chi connectivity index (χ2v) is 5.81. The van der Waals surface area contributed by atoms with Crippen LogP contribution in [0.3, 0.4) is 0 Å². The summed E-state index contributed by atoms with van der Waals surface area (Å²) in [6.45, 7) is 3.01. The molecule has 0 radical (unpaired) electrons. The third-order valence-electron chi connectivity index (χ3n) is 4.24. The summed E-state index contributed by atoms with van der Waals surface area (Å²) in [6, 6.07) is 17.9. The topological polar surface area (TPSA) is 42.2 Å². The molecule has 3 heteroatoms. The molecular weight excluding hydrogens is 286 g/mol. The van der Waals surface area contributed by atoms with Gasteiger partial charge in [0.15, 0.2) is 0 Å². The van der Waals surface area contributed by atoms with E-state index in [4.69, 9.17) is 0 Å². The first kappa shape index (κ1) is 15.3. The molecule has 0 saturated carbocycles. The number of benzene rings is 2. The van der Waals surface area contributed by atoms with Crippen molar-refractivity contribution in [3.63, 3.8) is 0 Å². The molecule has 0 saturated heterocycles. The molecule has 23 heavy (non-hydrogen) atoms. The fourth-order valence-corrected chi connectivity index (χ4v) is 3.14. The van der Waals surface area contributed by atoms with Crippen molar-refractivity contribution in [2.75, 3.05) is 0 Å². The largest absolute Gasteiger partial charge is 0.478 e. The Morgan fingerprint density at radius 3 is 2.43 bits per heavy atom. The lowest BCUT2D eigenvalue weighted by Gasteiger charge is -2.11.